The Balaban J connectivity index is 2.59. The minimum atomic E-state index is 0.379. The Labute approximate surface area is 117 Å². The molecule has 0 saturated carbocycles. The van der Waals surface area contributed by atoms with Gasteiger partial charge in [-0.2, -0.15) is 4.98 Å². The van der Waals surface area contributed by atoms with Crippen LogP contribution in [0.15, 0.2) is 4.52 Å². The summed E-state index contributed by atoms with van der Waals surface area (Å²) in [7, 11) is 0. The van der Waals surface area contributed by atoms with Gasteiger partial charge in [0.2, 0.25) is 5.89 Å². The number of nitrogens with zero attached hydrogens (tertiary/aromatic N) is 2. The van der Waals surface area contributed by atoms with Crippen LogP contribution in [0.5, 0.6) is 0 Å². The van der Waals surface area contributed by atoms with Gasteiger partial charge in [-0.15, -0.1) is 0 Å². The summed E-state index contributed by atoms with van der Waals surface area (Å²) in [5.41, 5.74) is 0. The zero-order chi connectivity index (χ0) is 14.3. The fourth-order valence-electron chi connectivity index (χ4n) is 2.10. The van der Waals surface area contributed by atoms with Gasteiger partial charge in [-0.05, 0) is 31.7 Å². The number of hydrogen-bond acceptors (Lipinski definition) is 4. The molecule has 2 unspecified atom stereocenters. The van der Waals surface area contributed by atoms with Crippen LogP contribution >= 0.6 is 0 Å². The summed E-state index contributed by atoms with van der Waals surface area (Å²) in [6.45, 7) is 12.0. The minimum Gasteiger partial charge on any atom is -0.339 e. The van der Waals surface area contributed by atoms with Crippen LogP contribution in [0.4, 0.5) is 0 Å². The lowest BCUT2D eigenvalue weighted by Crippen LogP contribution is -2.33. The van der Waals surface area contributed by atoms with Crippen molar-refractivity contribution in [3.05, 3.63) is 11.7 Å². The third-order valence-electron chi connectivity index (χ3n) is 3.40. The summed E-state index contributed by atoms with van der Waals surface area (Å²) >= 11 is 0. The Morgan fingerprint density at radius 2 is 1.95 bits per heavy atom. The van der Waals surface area contributed by atoms with Gasteiger partial charge in [-0.1, -0.05) is 39.8 Å². The highest BCUT2D eigenvalue weighted by atomic mass is 16.5. The first kappa shape index (κ1) is 16.2. The van der Waals surface area contributed by atoms with Gasteiger partial charge < -0.3 is 9.84 Å². The second-order valence-corrected chi connectivity index (χ2v) is 5.84. The third kappa shape index (κ3) is 5.72. The van der Waals surface area contributed by atoms with Crippen LogP contribution < -0.4 is 5.32 Å². The van der Waals surface area contributed by atoms with Crippen molar-refractivity contribution >= 4 is 0 Å². The van der Waals surface area contributed by atoms with Crippen molar-refractivity contribution in [3.8, 4) is 0 Å². The first-order valence-corrected chi connectivity index (χ1v) is 7.62. The molecule has 1 N–H and O–H groups in total. The standard InChI is InChI=1S/C15H29N3O/c1-6-8-16-13(9-11(3)4)10-14-17-15(18-19-14)12(5)7-2/h11-13,16H,6-10H2,1-5H3. The molecule has 110 valence electrons. The average molecular weight is 267 g/mol. The van der Waals surface area contributed by atoms with Gasteiger partial charge in [0.25, 0.3) is 0 Å². The molecule has 19 heavy (non-hydrogen) atoms. The van der Waals surface area contributed by atoms with Crippen LogP contribution in [0, 0.1) is 5.92 Å². The smallest absolute Gasteiger partial charge is 0.228 e. The molecule has 0 aliphatic carbocycles. The van der Waals surface area contributed by atoms with Crippen molar-refractivity contribution in [1.29, 1.82) is 0 Å². The molecule has 4 nitrogen and oxygen atoms in total. The second-order valence-electron chi connectivity index (χ2n) is 5.84. The Kier molecular flexibility index (Phi) is 7.06. The van der Waals surface area contributed by atoms with Crippen molar-refractivity contribution < 1.29 is 4.52 Å². The summed E-state index contributed by atoms with van der Waals surface area (Å²) in [5, 5.41) is 7.66. The minimum absolute atomic E-state index is 0.379. The summed E-state index contributed by atoms with van der Waals surface area (Å²) in [6.07, 6.45) is 4.17. The van der Waals surface area contributed by atoms with E-state index in [2.05, 4.69) is 50.1 Å². The summed E-state index contributed by atoms with van der Waals surface area (Å²) in [4.78, 5) is 4.52. The molecular formula is C15H29N3O. The Morgan fingerprint density at radius 1 is 1.21 bits per heavy atom. The van der Waals surface area contributed by atoms with Crippen molar-refractivity contribution in [2.75, 3.05) is 6.54 Å². The van der Waals surface area contributed by atoms with Crippen LogP contribution in [-0.4, -0.2) is 22.7 Å². The summed E-state index contributed by atoms with van der Waals surface area (Å²) < 4.78 is 5.38. The molecule has 0 aliphatic heterocycles. The molecule has 0 bridgehead atoms. The molecule has 1 aromatic heterocycles. The van der Waals surface area contributed by atoms with Crippen molar-refractivity contribution in [3.63, 3.8) is 0 Å². The molecule has 2 atom stereocenters. The third-order valence-corrected chi connectivity index (χ3v) is 3.40. The number of aromatic nitrogens is 2. The average Bonchev–Trinajstić information content (AvgIpc) is 2.82. The molecule has 1 heterocycles. The van der Waals surface area contributed by atoms with Crippen molar-refractivity contribution in [2.24, 2.45) is 5.92 Å². The SMILES string of the molecule is CCCNC(Cc1nc(C(C)CC)no1)CC(C)C. The van der Waals surface area contributed by atoms with E-state index in [4.69, 9.17) is 4.52 Å². The number of rotatable bonds is 9. The zero-order valence-corrected chi connectivity index (χ0v) is 13.1. The maximum absolute atomic E-state index is 5.38. The van der Waals surface area contributed by atoms with E-state index >= 15 is 0 Å². The predicted octanol–water partition coefficient (Wildman–Crippen LogP) is 3.54. The molecule has 4 heteroatoms. The van der Waals surface area contributed by atoms with Crippen LogP contribution in [0.1, 0.15) is 71.5 Å². The van der Waals surface area contributed by atoms with E-state index in [1.54, 1.807) is 0 Å². The highest BCUT2D eigenvalue weighted by Gasteiger charge is 2.17. The molecule has 0 fully saturated rings. The van der Waals surface area contributed by atoms with E-state index in [-0.39, 0.29) is 0 Å². The molecule has 0 radical (unpaired) electrons. The van der Waals surface area contributed by atoms with Crippen LogP contribution in [0.3, 0.4) is 0 Å². The lowest BCUT2D eigenvalue weighted by molar-refractivity contribution is 0.334. The molecule has 0 aliphatic rings. The summed E-state index contributed by atoms with van der Waals surface area (Å²) in [5.74, 6) is 2.66. The maximum Gasteiger partial charge on any atom is 0.228 e. The fraction of sp³-hybridized carbons (Fsp3) is 0.867. The van der Waals surface area contributed by atoms with E-state index in [1.807, 2.05) is 0 Å². The van der Waals surface area contributed by atoms with E-state index in [0.29, 0.717) is 17.9 Å². The van der Waals surface area contributed by atoms with Crippen molar-refractivity contribution in [2.45, 2.75) is 72.3 Å². The Bertz CT molecular complexity index is 349. The van der Waals surface area contributed by atoms with Gasteiger partial charge in [0.1, 0.15) is 0 Å². The maximum atomic E-state index is 5.38. The van der Waals surface area contributed by atoms with Gasteiger partial charge in [-0.25, -0.2) is 0 Å². The van der Waals surface area contributed by atoms with Crippen molar-refractivity contribution in [1.82, 2.24) is 15.5 Å². The van der Waals surface area contributed by atoms with E-state index in [0.717, 1.165) is 43.9 Å². The first-order chi connectivity index (χ1) is 9.06. The quantitative estimate of drug-likeness (QED) is 0.743. The topological polar surface area (TPSA) is 51.0 Å². The Hall–Kier alpha value is -0.900. The fourth-order valence-corrected chi connectivity index (χ4v) is 2.10. The van der Waals surface area contributed by atoms with Gasteiger partial charge in [0, 0.05) is 18.4 Å². The molecule has 1 rings (SSSR count). The largest absolute Gasteiger partial charge is 0.339 e. The van der Waals surface area contributed by atoms with Crippen LogP contribution in [0.25, 0.3) is 0 Å². The van der Waals surface area contributed by atoms with Gasteiger partial charge in [-0.3, -0.25) is 0 Å². The van der Waals surface area contributed by atoms with E-state index < -0.39 is 0 Å². The van der Waals surface area contributed by atoms with Gasteiger partial charge in [0.15, 0.2) is 5.82 Å². The zero-order valence-electron chi connectivity index (χ0n) is 13.1. The predicted molar refractivity (Wildman–Crippen MR) is 78.2 cm³/mol. The molecule has 0 aromatic carbocycles. The number of hydrogen-bond donors (Lipinski definition) is 1. The van der Waals surface area contributed by atoms with Gasteiger partial charge in [0.05, 0.1) is 0 Å². The van der Waals surface area contributed by atoms with Crippen LogP contribution in [-0.2, 0) is 6.42 Å². The Morgan fingerprint density at radius 3 is 2.53 bits per heavy atom. The highest BCUT2D eigenvalue weighted by molar-refractivity contribution is 4.95. The highest BCUT2D eigenvalue weighted by Crippen LogP contribution is 2.16. The lowest BCUT2D eigenvalue weighted by atomic mass is 10.0. The molecular weight excluding hydrogens is 238 g/mol. The molecule has 1 aromatic rings. The molecule has 0 saturated heterocycles. The van der Waals surface area contributed by atoms with E-state index in [9.17, 15) is 0 Å². The normalized spacial score (nSPS) is 14.8. The van der Waals surface area contributed by atoms with E-state index in [1.165, 1.54) is 0 Å². The number of nitrogens with one attached hydrogen (secondary N) is 1. The lowest BCUT2D eigenvalue weighted by Gasteiger charge is -2.18. The second kappa shape index (κ2) is 8.31. The molecule has 0 spiro atoms. The molecule has 0 amide bonds. The summed E-state index contributed by atoms with van der Waals surface area (Å²) in [6, 6.07) is 0.435. The first-order valence-electron chi connectivity index (χ1n) is 7.62. The van der Waals surface area contributed by atoms with Crippen LogP contribution in [0.2, 0.25) is 0 Å². The van der Waals surface area contributed by atoms with Gasteiger partial charge >= 0.3 is 0 Å². The monoisotopic (exact) mass is 267 g/mol.